The Labute approximate surface area is 111 Å². The van der Waals surface area contributed by atoms with Gasteiger partial charge in [0.2, 0.25) is 5.95 Å². The number of rotatable bonds is 5. The fourth-order valence-electron chi connectivity index (χ4n) is 1.70. The molecule has 1 aromatic carbocycles. The average molecular weight is 257 g/mol. The maximum absolute atomic E-state index is 8.87. The van der Waals surface area contributed by atoms with Crippen LogP contribution in [0.2, 0.25) is 0 Å². The van der Waals surface area contributed by atoms with Crippen LogP contribution in [0.5, 0.6) is 0 Å². The minimum atomic E-state index is 0.124. The molecular weight excluding hydrogens is 242 g/mol. The Balaban J connectivity index is 2.14. The van der Waals surface area contributed by atoms with Gasteiger partial charge in [-0.2, -0.15) is 10.2 Å². The van der Waals surface area contributed by atoms with Crippen molar-refractivity contribution in [2.24, 2.45) is 0 Å². The summed E-state index contributed by atoms with van der Waals surface area (Å²) >= 11 is 0. The molecule has 2 aromatic rings. The number of anilines is 1. The van der Waals surface area contributed by atoms with Crippen molar-refractivity contribution in [1.29, 1.82) is 5.26 Å². The largest absolute Gasteiger partial charge is 0.383 e. The first kappa shape index (κ1) is 13.1. The number of hydrogen-bond acceptors (Lipinski definition) is 5. The third kappa shape index (κ3) is 3.30. The molecule has 1 aromatic heterocycles. The predicted molar refractivity (Wildman–Crippen MR) is 71.5 cm³/mol. The number of H-pyrrole nitrogens is 1. The van der Waals surface area contributed by atoms with Crippen molar-refractivity contribution in [2.45, 2.75) is 13.0 Å². The molecule has 0 aliphatic carbocycles. The zero-order valence-corrected chi connectivity index (χ0v) is 10.8. The average Bonchev–Trinajstić information content (AvgIpc) is 2.87. The van der Waals surface area contributed by atoms with Gasteiger partial charge in [0.25, 0.3) is 0 Å². The van der Waals surface area contributed by atoms with E-state index in [-0.39, 0.29) is 6.04 Å². The number of nitrogens with zero attached hydrogens (tertiary/aromatic N) is 3. The summed E-state index contributed by atoms with van der Waals surface area (Å²) in [6, 6.07) is 9.43. The van der Waals surface area contributed by atoms with Crippen molar-refractivity contribution in [1.82, 2.24) is 15.2 Å². The fourth-order valence-corrected chi connectivity index (χ4v) is 1.70. The lowest BCUT2D eigenvalue weighted by Gasteiger charge is -2.09. The molecular formula is C13H15N5O. The maximum atomic E-state index is 8.87. The Morgan fingerprint density at radius 1 is 1.53 bits per heavy atom. The molecule has 1 heterocycles. The molecule has 1 atom stereocenters. The van der Waals surface area contributed by atoms with E-state index in [1.54, 1.807) is 19.2 Å². The Hall–Kier alpha value is -2.39. The lowest BCUT2D eigenvalue weighted by atomic mass is 10.1. The summed E-state index contributed by atoms with van der Waals surface area (Å²) in [5.74, 6) is 1.14. The number of methoxy groups -OCH3 is 1. The van der Waals surface area contributed by atoms with Crippen LogP contribution in [0.3, 0.4) is 0 Å². The van der Waals surface area contributed by atoms with Crippen LogP contribution in [0.25, 0.3) is 11.4 Å². The van der Waals surface area contributed by atoms with Crippen LogP contribution in [0, 0.1) is 11.3 Å². The molecule has 0 bridgehead atoms. The summed E-state index contributed by atoms with van der Waals surface area (Å²) in [5.41, 5.74) is 1.43. The summed E-state index contributed by atoms with van der Waals surface area (Å²) in [7, 11) is 1.65. The highest BCUT2D eigenvalue weighted by atomic mass is 16.5. The minimum Gasteiger partial charge on any atom is -0.383 e. The predicted octanol–water partition coefficient (Wildman–Crippen LogP) is 1.79. The standard InChI is InChI=1S/C13H15N5O/c1-9(8-19-2)15-13-16-12(17-18-13)11-5-3-4-10(6-11)7-14/h3-6,9H,8H2,1-2H3,(H2,15,16,17,18). The first-order valence-electron chi connectivity index (χ1n) is 5.91. The molecule has 0 saturated carbocycles. The number of ether oxygens (including phenoxy) is 1. The molecule has 2 rings (SSSR count). The van der Waals surface area contributed by atoms with E-state index in [1.165, 1.54) is 0 Å². The summed E-state index contributed by atoms with van der Waals surface area (Å²) in [6.07, 6.45) is 0. The number of aromatic amines is 1. The summed E-state index contributed by atoms with van der Waals surface area (Å²) < 4.78 is 5.03. The van der Waals surface area contributed by atoms with E-state index in [1.807, 2.05) is 19.1 Å². The molecule has 0 fully saturated rings. The summed E-state index contributed by atoms with van der Waals surface area (Å²) in [5, 5.41) is 18.9. The van der Waals surface area contributed by atoms with Gasteiger partial charge in [-0.1, -0.05) is 12.1 Å². The molecule has 98 valence electrons. The van der Waals surface area contributed by atoms with E-state index in [9.17, 15) is 0 Å². The number of benzene rings is 1. The molecule has 0 radical (unpaired) electrons. The topological polar surface area (TPSA) is 86.6 Å². The maximum Gasteiger partial charge on any atom is 0.242 e. The van der Waals surface area contributed by atoms with Crippen molar-refractivity contribution >= 4 is 5.95 Å². The van der Waals surface area contributed by atoms with Gasteiger partial charge in [-0.3, -0.25) is 5.10 Å². The Morgan fingerprint density at radius 2 is 2.37 bits per heavy atom. The summed E-state index contributed by atoms with van der Waals surface area (Å²) in [4.78, 5) is 4.34. The first-order valence-corrected chi connectivity index (χ1v) is 5.91. The van der Waals surface area contributed by atoms with Crippen LogP contribution in [0.4, 0.5) is 5.95 Å². The molecule has 6 nitrogen and oxygen atoms in total. The molecule has 0 spiro atoms. The highest BCUT2D eigenvalue weighted by molar-refractivity contribution is 5.58. The molecule has 0 saturated heterocycles. The van der Waals surface area contributed by atoms with Crippen molar-refractivity contribution in [3.63, 3.8) is 0 Å². The highest BCUT2D eigenvalue weighted by Crippen LogP contribution is 2.17. The van der Waals surface area contributed by atoms with Gasteiger partial charge in [0, 0.05) is 18.7 Å². The molecule has 0 amide bonds. The second-order valence-electron chi connectivity index (χ2n) is 4.20. The van der Waals surface area contributed by atoms with E-state index in [2.05, 4.69) is 26.6 Å². The Kier molecular flexibility index (Phi) is 4.11. The molecule has 6 heteroatoms. The van der Waals surface area contributed by atoms with Crippen molar-refractivity contribution in [2.75, 3.05) is 19.0 Å². The Morgan fingerprint density at radius 3 is 3.11 bits per heavy atom. The van der Waals surface area contributed by atoms with Gasteiger partial charge in [-0.25, -0.2) is 0 Å². The van der Waals surface area contributed by atoms with E-state index >= 15 is 0 Å². The van der Waals surface area contributed by atoms with E-state index < -0.39 is 0 Å². The van der Waals surface area contributed by atoms with Crippen LogP contribution >= 0.6 is 0 Å². The number of nitrogens with one attached hydrogen (secondary N) is 2. The molecule has 2 N–H and O–H groups in total. The van der Waals surface area contributed by atoms with Crippen LogP contribution in [0.1, 0.15) is 12.5 Å². The smallest absolute Gasteiger partial charge is 0.242 e. The van der Waals surface area contributed by atoms with Gasteiger partial charge in [-0.15, -0.1) is 5.10 Å². The molecule has 0 aliphatic heterocycles. The van der Waals surface area contributed by atoms with Gasteiger partial charge < -0.3 is 10.1 Å². The SMILES string of the molecule is COCC(C)Nc1n[nH]c(-c2cccc(C#N)c2)n1. The third-order valence-electron chi connectivity index (χ3n) is 2.54. The van der Waals surface area contributed by atoms with E-state index in [0.717, 1.165) is 5.56 Å². The fraction of sp³-hybridized carbons (Fsp3) is 0.308. The highest BCUT2D eigenvalue weighted by Gasteiger charge is 2.08. The van der Waals surface area contributed by atoms with Crippen LogP contribution in [0.15, 0.2) is 24.3 Å². The van der Waals surface area contributed by atoms with Gasteiger partial charge in [-0.05, 0) is 19.1 Å². The van der Waals surface area contributed by atoms with Crippen molar-refractivity contribution in [3.8, 4) is 17.5 Å². The number of hydrogen-bond donors (Lipinski definition) is 2. The van der Waals surface area contributed by atoms with Crippen LogP contribution in [-0.2, 0) is 4.74 Å². The van der Waals surface area contributed by atoms with Gasteiger partial charge >= 0.3 is 0 Å². The zero-order valence-electron chi connectivity index (χ0n) is 10.8. The lowest BCUT2D eigenvalue weighted by Crippen LogP contribution is -2.21. The van der Waals surface area contributed by atoms with E-state index in [0.29, 0.717) is 23.9 Å². The van der Waals surface area contributed by atoms with Gasteiger partial charge in [0.05, 0.1) is 18.2 Å². The quantitative estimate of drug-likeness (QED) is 0.852. The first-order chi connectivity index (χ1) is 9.22. The second-order valence-corrected chi connectivity index (χ2v) is 4.20. The molecule has 0 aliphatic rings. The number of aromatic nitrogens is 3. The monoisotopic (exact) mass is 257 g/mol. The van der Waals surface area contributed by atoms with Gasteiger partial charge in [0.15, 0.2) is 5.82 Å². The lowest BCUT2D eigenvalue weighted by molar-refractivity contribution is 0.190. The van der Waals surface area contributed by atoms with Crippen LogP contribution in [-0.4, -0.2) is 34.9 Å². The van der Waals surface area contributed by atoms with E-state index in [4.69, 9.17) is 10.00 Å². The molecule has 19 heavy (non-hydrogen) atoms. The minimum absolute atomic E-state index is 0.124. The third-order valence-corrected chi connectivity index (χ3v) is 2.54. The second kappa shape index (κ2) is 5.98. The Bertz CT molecular complexity index is 587. The van der Waals surface area contributed by atoms with Crippen molar-refractivity contribution < 1.29 is 4.74 Å². The molecule has 1 unspecified atom stereocenters. The summed E-state index contributed by atoms with van der Waals surface area (Å²) in [6.45, 7) is 2.56. The normalized spacial score (nSPS) is 11.8. The van der Waals surface area contributed by atoms with Gasteiger partial charge in [0.1, 0.15) is 0 Å². The number of nitriles is 1. The van der Waals surface area contributed by atoms with Crippen LogP contribution < -0.4 is 5.32 Å². The van der Waals surface area contributed by atoms with Crippen molar-refractivity contribution in [3.05, 3.63) is 29.8 Å². The zero-order chi connectivity index (χ0) is 13.7.